The van der Waals surface area contributed by atoms with Gasteiger partial charge in [-0.05, 0) is 42.9 Å². The van der Waals surface area contributed by atoms with E-state index in [2.05, 4.69) is 15.5 Å². The van der Waals surface area contributed by atoms with Crippen molar-refractivity contribution in [3.05, 3.63) is 70.2 Å². The van der Waals surface area contributed by atoms with Crippen LogP contribution in [0, 0.1) is 0 Å². The molecule has 5 rings (SSSR count). The molecule has 196 valence electrons. The molecule has 3 amide bonds. The Morgan fingerprint density at radius 1 is 1.03 bits per heavy atom. The standard InChI is InChI=1S/C29H29ClN4O4/c1-4-34(5-2)15-17(35)14-31-27(36)16-10-11-19-22(12-16)33(3)23-13-20(18-8-6-7-9-21(18)30)25-26(24(19)23)29(38)32-28(25)37/h6-13,17,35H,4-5,14-15H2,1-3H3,(H,31,36)(H,32,37,38). The van der Waals surface area contributed by atoms with Gasteiger partial charge in [0.05, 0.1) is 22.7 Å². The molecule has 9 heteroatoms. The highest BCUT2D eigenvalue weighted by Gasteiger charge is 2.34. The number of hydrogen-bond donors (Lipinski definition) is 3. The van der Waals surface area contributed by atoms with Crippen LogP contribution < -0.4 is 10.6 Å². The maximum atomic E-state index is 13.0. The summed E-state index contributed by atoms with van der Waals surface area (Å²) in [6, 6.07) is 14.3. The van der Waals surface area contributed by atoms with Gasteiger partial charge in [-0.1, -0.05) is 49.7 Å². The highest BCUT2D eigenvalue weighted by Crippen LogP contribution is 2.41. The third-order valence-electron chi connectivity index (χ3n) is 7.27. The van der Waals surface area contributed by atoms with Gasteiger partial charge in [0.2, 0.25) is 0 Å². The van der Waals surface area contributed by atoms with Gasteiger partial charge in [0.1, 0.15) is 0 Å². The van der Waals surface area contributed by atoms with Crippen LogP contribution in [0.3, 0.4) is 0 Å². The number of halogens is 1. The first-order valence-electron chi connectivity index (χ1n) is 12.6. The summed E-state index contributed by atoms with van der Waals surface area (Å²) in [5.74, 6) is -1.22. The lowest BCUT2D eigenvalue weighted by atomic mass is 9.93. The molecule has 38 heavy (non-hydrogen) atoms. The van der Waals surface area contributed by atoms with Gasteiger partial charge in [-0.2, -0.15) is 0 Å². The van der Waals surface area contributed by atoms with Gasteiger partial charge in [-0.15, -0.1) is 0 Å². The minimum atomic E-state index is -0.679. The molecule has 1 unspecified atom stereocenters. The fourth-order valence-electron chi connectivity index (χ4n) is 5.24. The zero-order valence-corrected chi connectivity index (χ0v) is 22.2. The van der Waals surface area contributed by atoms with Crippen molar-refractivity contribution in [2.75, 3.05) is 26.2 Å². The number of aryl methyl sites for hydroxylation is 1. The molecule has 0 fully saturated rings. The molecule has 0 aliphatic carbocycles. The van der Waals surface area contributed by atoms with Crippen LogP contribution in [0.5, 0.6) is 0 Å². The van der Waals surface area contributed by atoms with E-state index in [9.17, 15) is 19.5 Å². The molecule has 0 spiro atoms. The summed E-state index contributed by atoms with van der Waals surface area (Å²) in [5.41, 5.74) is 3.75. The normalized spacial score (nSPS) is 13.8. The van der Waals surface area contributed by atoms with E-state index in [1.54, 1.807) is 24.3 Å². The number of imide groups is 1. The van der Waals surface area contributed by atoms with Crippen molar-refractivity contribution >= 4 is 51.1 Å². The van der Waals surface area contributed by atoms with Crippen LogP contribution in [0.1, 0.15) is 44.9 Å². The second-order valence-corrected chi connectivity index (χ2v) is 9.88. The number of nitrogens with zero attached hydrogens (tertiary/aromatic N) is 2. The average Bonchev–Trinajstić information content (AvgIpc) is 3.37. The van der Waals surface area contributed by atoms with Crippen LogP contribution >= 0.6 is 11.6 Å². The summed E-state index contributed by atoms with van der Waals surface area (Å²) in [5, 5.41) is 17.5. The fourth-order valence-corrected chi connectivity index (χ4v) is 5.48. The van der Waals surface area contributed by atoms with Crippen LogP contribution in [0.15, 0.2) is 48.5 Å². The Morgan fingerprint density at radius 2 is 1.74 bits per heavy atom. The molecule has 0 saturated carbocycles. The Bertz CT molecular complexity index is 1610. The Hall–Kier alpha value is -3.72. The molecule has 0 saturated heterocycles. The van der Waals surface area contributed by atoms with E-state index in [1.165, 1.54) is 0 Å². The molecule has 1 aliphatic heterocycles. The number of benzene rings is 3. The monoisotopic (exact) mass is 532 g/mol. The van der Waals surface area contributed by atoms with Crippen molar-refractivity contribution in [3.63, 3.8) is 0 Å². The van der Waals surface area contributed by atoms with Crippen LogP contribution in [-0.4, -0.2) is 64.6 Å². The summed E-state index contributed by atoms with van der Waals surface area (Å²) in [7, 11) is 1.86. The van der Waals surface area contributed by atoms with Crippen LogP contribution in [-0.2, 0) is 7.05 Å². The zero-order chi connectivity index (χ0) is 27.1. The molecular formula is C29H29ClN4O4. The Balaban J connectivity index is 1.57. The number of carbonyl (C=O) groups excluding carboxylic acids is 3. The van der Waals surface area contributed by atoms with Crippen molar-refractivity contribution in [1.29, 1.82) is 0 Å². The van der Waals surface area contributed by atoms with E-state index < -0.39 is 17.9 Å². The van der Waals surface area contributed by atoms with Gasteiger partial charge in [0, 0.05) is 52.6 Å². The zero-order valence-electron chi connectivity index (χ0n) is 21.5. The van der Waals surface area contributed by atoms with Crippen molar-refractivity contribution in [1.82, 2.24) is 20.1 Å². The summed E-state index contributed by atoms with van der Waals surface area (Å²) < 4.78 is 1.91. The second kappa shape index (κ2) is 10.2. The minimum absolute atomic E-state index is 0.138. The van der Waals surface area contributed by atoms with E-state index in [-0.39, 0.29) is 12.5 Å². The lowest BCUT2D eigenvalue weighted by molar-refractivity contribution is 0.0865. The van der Waals surface area contributed by atoms with E-state index in [1.807, 2.05) is 49.7 Å². The quantitative estimate of drug-likeness (QED) is 0.298. The van der Waals surface area contributed by atoms with Crippen LogP contribution in [0.25, 0.3) is 32.9 Å². The van der Waals surface area contributed by atoms with E-state index in [0.29, 0.717) is 44.8 Å². The molecular weight excluding hydrogens is 504 g/mol. The largest absolute Gasteiger partial charge is 0.390 e. The van der Waals surface area contributed by atoms with Gasteiger partial charge in [0.25, 0.3) is 17.7 Å². The molecule has 1 aliphatic rings. The predicted molar refractivity (Wildman–Crippen MR) is 149 cm³/mol. The van der Waals surface area contributed by atoms with Crippen LogP contribution in [0.2, 0.25) is 5.02 Å². The van der Waals surface area contributed by atoms with Gasteiger partial charge in [-0.25, -0.2) is 0 Å². The molecule has 4 aromatic rings. The molecule has 8 nitrogen and oxygen atoms in total. The van der Waals surface area contributed by atoms with Crippen molar-refractivity contribution in [2.45, 2.75) is 20.0 Å². The molecule has 3 aromatic carbocycles. The van der Waals surface area contributed by atoms with Gasteiger partial charge >= 0.3 is 0 Å². The van der Waals surface area contributed by atoms with E-state index >= 15 is 0 Å². The van der Waals surface area contributed by atoms with Gasteiger partial charge in [-0.3, -0.25) is 19.7 Å². The third-order valence-corrected chi connectivity index (χ3v) is 7.59. The van der Waals surface area contributed by atoms with Gasteiger partial charge in [0.15, 0.2) is 0 Å². The molecule has 1 atom stereocenters. The molecule has 0 radical (unpaired) electrons. The number of carbonyl (C=O) groups is 3. The number of aliphatic hydroxyl groups is 1. The molecule has 2 heterocycles. The average molecular weight is 533 g/mol. The number of aromatic nitrogens is 1. The Labute approximate surface area is 225 Å². The topological polar surface area (TPSA) is 104 Å². The number of nitrogens with one attached hydrogen (secondary N) is 2. The number of aliphatic hydroxyl groups excluding tert-OH is 1. The number of fused-ring (bicyclic) bond motifs is 5. The summed E-state index contributed by atoms with van der Waals surface area (Å²) in [6.07, 6.45) is -0.679. The lowest BCUT2D eigenvalue weighted by Gasteiger charge is -2.22. The summed E-state index contributed by atoms with van der Waals surface area (Å²) in [4.78, 5) is 40.9. The highest BCUT2D eigenvalue weighted by molar-refractivity contribution is 6.36. The lowest BCUT2D eigenvalue weighted by Crippen LogP contribution is -2.40. The number of hydrogen-bond acceptors (Lipinski definition) is 5. The highest BCUT2D eigenvalue weighted by atomic mass is 35.5. The first-order chi connectivity index (χ1) is 18.2. The third kappa shape index (κ3) is 4.34. The first-order valence-corrected chi connectivity index (χ1v) is 13.0. The van der Waals surface area contributed by atoms with Gasteiger partial charge < -0.3 is 19.9 Å². The Kier molecular flexibility index (Phi) is 6.96. The second-order valence-electron chi connectivity index (χ2n) is 9.47. The van der Waals surface area contributed by atoms with Crippen molar-refractivity contribution in [3.8, 4) is 11.1 Å². The number of rotatable bonds is 8. The van der Waals surface area contributed by atoms with Crippen molar-refractivity contribution < 1.29 is 19.5 Å². The fraction of sp³-hybridized carbons (Fsp3) is 0.276. The van der Waals surface area contributed by atoms with Crippen LogP contribution in [0.4, 0.5) is 0 Å². The smallest absolute Gasteiger partial charge is 0.259 e. The van der Waals surface area contributed by atoms with Crippen molar-refractivity contribution in [2.24, 2.45) is 7.05 Å². The van der Waals surface area contributed by atoms with E-state index in [0.717, 1.165) is 29.5 Å². The SMILES string of the molecule is CCN(CC)CC(O)CNC(=O)c1ccc2c3c4c(c(-c5ccccc5Cl)cc3n(C)c2c1)C(=O)NC4=O. The maximum absolute atomic E-state index is 13.0. The Morgan fingerprint density at radius 3 is 2.45 bits per heavy atom. The molecule has 3 N–H and O–H groups in total. The molecule has 1 aromatic heterocycles. The summed E-state index contributed by atoms with van der Waals surface area (Å²) in [6.45, 7) is 6.32. The number of amides is 3. The number of likely N-dealkylation sites (N-methyl/N-ethyl adjacent to an activating group) is 1. The predicted octanol–water partition coefficient (Wildman–Crippen LogP) is 3.97. The minimum Gasteiger partial charge on any atom is -0.390 e. The molecule has 0 bridgehead atoms. The first kappa shape index (κ1) is 25.9. The maximum Gasteiger partial charge on any atom is 0.259 e. The van der Waals surface area contributed by atoms with E-state index in [4.69, 9.17) is 11.6 Å². The summed E-state index contributed by atoms with van der Waals surface area (Å²) >= 11 is 6.48.